The number of halogens is 3. The standard InChI is InChI=1S/C31H34F3N5O5/c1-5-42-26-17-22(12-15-25(26)43-18(2)3)27(37-23-13-10-20(11-14-23)28(35)36)29(40)39(44-30(41)31(32,33)34)38-19(4)16-21-8-6-7-9-24(21)38/h6-15,17-19,27,37H,5,16H2,1-4H3,(H3,35,36). The van der Waals surface area contributed by atoms with Gasteiger partial charge in [0.05, 0.1) is 24.4 Å². The van der Waals surface area contributed by atoms with Gasteiger partial charge in [0.25, 0.3) is 0 Å². The van der Waals surface area contributed by atoms with E-state index in [0.717, 1.165) is 5.56 Å². The van der Waals surface area contributed by atoms with Gasteiger partial charge < -0.3 is 25.4 Å². The fourth-order valence-electron chi connectivity index (χ4n) is 4.79. The third kappa shape index (κ3) is 7.16. The van der Waals surface area contributed by atoms with Gasteiger partial charge in [0, 0.05) is 11.3 Å². The number of alkyl halides is 3. The van der Waals surface area contributed by atoms with E-state index in [1.165, 1.54) is 5.01 Å². The molecule has 0 bridgehead atoms. The van der Waals surface area contributed by atoms with E-state index in [-0.39, 0.29) is 18.5 Å². The molecule has 0 spiro atoms. The van der Waals surface area contributed by atoms with Crippen molar-refractivity contribution in [3.05, 3.63) is 83.4 Å². The Bertz CT molecular complexity index is 1510. The van der Waals surface area contributed by atoms with Crippen molar-refractivity contribution in [3.8, 4) is 11.5 Å². The van der Waals surface area contributed by atoms with E-state index in [1.807, 2.05) is 13.8 Å². The first-order valence-electron chi connectivity index (χ1n) is 13.9. The quantitative estimate of drug-likeness (QED) is 0.155. The lowest BCUT2D eigenvalue weighted by molar-refractivity contribution is -0.240. The average molecular weight is 614 g/mol. The highest BCUT2D eigenvalue weighted by molar-refractivity contribution is 5.95. The van der Waals surface area contributed by atoms with Crippen molar-refractivity contribution >= 4 is 29.1 Å². The smallest absolute Gasteiger partial charge is 0.490 e. The molecule has 0 aliphatic carbocycles. The molecule has 44 heavy (non-hydrogen) atoms. The topological polar surface area (TPSA) is 130 Å². The summed E-state index contributed by atoms with van der Waals surface area (Å²) in [6, 6.07) is 15.9. The van der Waals surface area contributed by atoms with Gasteiger partial charge in [0.1, 0.15) is 11.9 Å². The molecule has 1 aliphatic rings. The molecule has 0 aromatic heterocycles. The Morgan fingerprint density at radius 3 is 2.39 bits per heavy atom. The number of nitrogen functional groups attached to an aromatic ring is 1. The van der Waals surface area contributed by atoms with E-state index in [1.54, 1.807) is 80.6 Å². The maximum Gasteiger partial charge on any atom is 0.493 e. The molecule has 3 aromatic rings. The maximum absolute atomic E-state index is 14.4. The molecule has 4 N–H and O–H groups in total. The lowest BCUT2D eigenvalue weighted by atomic mass is 10.0. The number of hydroxylamine groups is 1. The molecule has 2 unspecified atom stereocenters. The summed E-state index contributed by atoms with van der Waals surface area (Å²) in [6.07, 6.45) is -5.17. The highest BCUT2D eigenvalue weighted by Gasteiger charge is 2.47. The van der Waals surface area contributed by atoms with Crippen molar-refractivity contribution in [2.24, 2.45) is 5.73 Å². The minimum absolute atomic E-state index is 0.168. The zero-order valence-electron chi connectivity index (χ0n) is 24.6. The number of ether oxygens (including phenoxy) is 2. The molecule has 1 amide bonds. The van der Waals surface area contributed by atoms with Gasteiger partial charge in [-0.1, -0.05) is 29.4 Å². The number of fused-ring (bicyclic) bond motifs is 1. The molecular formula is C31H34F3N5O5. The third-order valence-electron chi connectivity index (χ3n) is 6.67. The zero-order chi connectivity index (χ0) is 32.2. The van der Waals surface area contributed by atoms with Gasteiger partial charge in [-0.15, -0.1) is 0 Å². The Morgan fingerprint density at radius 2 is 1.77 bits per heavy atom. The van der Waals surface area contributed by atoms with Crippen LogP contribution in [0.5, 0.6) is 11.5 Å². The number of nitrogens with two attached hydrogens (primary N) is 1. The van der Waals surface area contributed by atoms with Crippen LogP contribution in [-0.2, 0) is 20.8 Å². The first-order valence-corrected chi connectivity index (χ1v) is 13.9. The Kier molecular flexibility index (Phi) is 9.56. The van der Waals surface area contributed by atoms with Crippen LogP contribution in [-0.4, -0.2) is 47.8 Å². The van der Waals surface area contributed by atoms with Crippen molar-refractivity contribution in [1.82, 2.24) is 5.17 Å². The van der Waals surface area contributed by atoms with Gasteiger partial charge in [-0.05, 0) is 87.7 Å². The second kappa shape index (κ2) is 13.1. The number of nitrogens with zero attached hydrogens (tertiary/aromatic N) is 2. The van der Waals surface area contributed by atoms with E-state index < -0.39 is 30.1 Å². The fraction of sp³-hybridized carbons (Fsp3) is 0.323. The molecule has 0 saturated heterocycles. The lowest BCUT2D eigenvalue weighted by Gasteiger charge is -2.36. The van der Waals surface area contributed by atoms with Gasteiger partial charge >= 0.3 is 18.1 Å². The average Bonchev–Trinajstić information content (AvgIpc) is 3.30. The molecule has 0 fully saturated rings. The largest absolute Gasteiger partial charge is 0.493 e. The monoisotopic (exact) mass is 613 g/mol. The summed E-state index contributed by atoms with van der Waals surface area (Å²) < 4.78 is 52.1. The molecule has 10 nitrogen and oxygen atoms in total. The van der Waals surface area contributed by atoms with Crippen molar-refractivity contribution in [2.45, 2.75) is 58.5 Å². The number of hydrazine groups is 1. The summed E-state index contributed by atoms with van der Waals surface area (Å²) in [5, 5.41) is 12.3. The summed E-state index contributed by atoms with van der Waals surface area (Å²) in [6.45, 7) is 7.42. The number of benzene rings is 3. The van der Waals surface area contributed by atoms with Crippen LogP contribution >= 0.6 is 0 Å². The van der Waals surface area contributed by atoms with Crippen molar-refractivity contribution in [3.63, 3.8) is 0 Å². The van der Waals surface area contributed by atoms with E-state index in [4.69, 9.17) is 25.5 Å². The van der Waals surface area contributed by atoms with Crippen LogP contribution in [0.15, 0.2) is 66.7 Å². The molecule has 234 valence electrons. The SMILES string of the molecule is CCOc1cc(C(Nc2ccc(C(=N)N)cc2)C(=O)N(OC(=O)C(F)(F)F)N2c3ccccc3CC2C)ccc1OC(C)C. The molecule has 2 atom stereocenters. The summed E-state index contributed by atoms with van der Waals surface area (Å²) in [4.78, 5) is 31.5. The molecular weight excluding hydrogens is 579 g/mol. The summed E-state index contributed by atoms with van der Waals surface area (Å²) in [7, 11) is 0. The second-order valence-electron chi connectivity index (χ2n) is 10.4. The number of amides is 1. The molecule has 1 aliphatic heterocycles. The van der Waals surface area contributed by atoms with Crippen molar-refractivity contribution in [2.75, 3.05) is 16.9 Å². The Morgan fingerprint density at radius 1 is 1.09 bits per heavy atom. The van der Waals surface area contributed by atoms with Gasteiger partial charge in [-0.25, -0.2) is 9.80 Å². The van der Waals surface area contributed by atoms with Gasteiger partial charge in [-0.3, -0.25) is 10.2 Å². The number of nitrogens with one attached hydrogen (secondary N) is 2. The van der Waals surface area contributed by atoms with Crippen LogP contribution in [0.25, 0.3) is 0 Å². The molecule has 0 saturated carbocycles. The number of amidine groups is 1. The predicted molar refractivity (Wildman–Crippen MR) is 158 cm³/mol. The number of rotatable bonds is 10. The Hall–Kier alpha value is -4.94. The van der Waals surface area contributed by atoms with Crippen LogP contribution in [0.2, 0.25) is 0 Å². The normalized spacial score (nSPS) is 14.9. The fourth-order valence-corrected chi connectivity index (χ4v) is 4.79. The number of carbonyl (C=O) groups is 2. The summed E-state index contributed by atoms with van der Waals surface area (Å²) in [5.74, 6) is -3.02. The van der Waals surface area contributed by atoms with Crippen LogP contribution in [0, 0.1) is 5.41 Å². The molecule has 4 rings (SSSR count). The highest BCUT2D eigenvalue weighted by Crippen LogP contribution is 2.37. The van der Waals surface area contributed by atoms with Gasteiger partial charge in [0.2, 0.25) is 0 Å². The number of para-hydroxylation sites is 1. The maximum atomic E-state index is 14.4. The van der Waals surface area contributed by atoms with Crippen molar-refractivity contribution < 1.29 is 37.1 Å². The number of hydrogen-bond donors (Lipinski definition) is 3. The first kappa shape index (κ1) is 32.0. The Labute approximate surface area is 252 Å². The van der Waals surface area contributed by atoms with E-state index in [2.05, 4.69) is 5.32 Å². The van der Waals surface area contributed by atoms with Gasteiger partial charge in [0.15, 0.2) is 11.5 Å². The first-order chi connectivity index (χ1) is 20.8. The number of carbonyl (C=O) groups excluding carboxylic acids is 2. The van der Waals surface area contributed by atoms with Crippen molar-refractivity contribution in [1.29, 1.82) is 5.41 Å². The van der Waals surface area contributed by atoms with Crippen LogP contribution in [0.1, 0.15) is 50.4 Å². The van der Waals surface area contributed by atoms with E-state index >= 15 is 0 Å². The predicted octanol–water partition coefficient (Wildman–Crippen LogP) is 5.53. The molecule has 1 heterocycles. The van der Waals surface area contributed by atoms with Crippen LogP contribution in [0.4, 0.5) is 24.5 Å². The minimum atomic E-state index is -5.37. The lowest BCUT2D eigenvalue weighted by Crippen LogP contribution is -2.54. The van der Waals surface area contributed by atoms with Gasteiger partial charge in [-0.2, -0.15) is 13.2 Å². The van der Waals surface area contributed by atoms with Crippen LogP contribution in [0.3, 0.4) is 0 Å². The van der Waals surface area contributed by atoms with E-state index in [0.29, 0.717) is 45.6 Å². The van der Waals surface area contributed by atoms with Crippen LogP contribution < -0.4 is 25.5 Å². The number of anilines is 2. The Balaban J connectivity index is 1.84. The zero-order valence-corrected chi connectivity index (χ0v) is 24.6. The molecule has 13 heteroatoms. The summed E-state index contributed by atoms with van der Waals surface area (Å²) >= 11 is 0. The number of hydrogen-bond acceptors (Lipinski definition) is 8. The molecule has 3 aromatic carbocycles. The van der Waals surface area contributed by atoms with E-state index in [9.17, 15) is 22.8 Å². The summed E-state index contributed by atoms with van der Waals surface area (Å²) in [5.41, 5.74) is 7.85. The molecule has 0 radical (unpaired) electrons. The highest BCUT2D eigenvalue weighted by atomic mass is 19.4. The second-order valence-corrected chi connectivity index (χ2v) is 10.4. The third-order valence-corrected chi connectivity index (χ3v) is 6.67. The minimum Gasteiger partial charge on any atom is -0.490 e.